The molecule has 0 saturated carbocycles. The van der Waals surface area contributed by atoms with Gasteiger partial charge in [0.1, 0.15) is 72.0 Å². The summed E-state index contributed by atoms with van der Waals surface area (Å²) in [7, 11) is 0. The van der Waals surface area contributed by atoms with Gasteiger partial charge in [0.2, 0.25) is 0 Å². The van der Waals surface area contributed by atoms with E-state index in [-0.39, 0.29) is 26.4 Å². The summed E-state index contributed by atoms with van der Waals surface area (Å²) in [5, 5.41) is 60.5. The lowest BCUT2D eigenvalue weighted by Crippen LogP contribution is -2.08. The maximum Gasteiger partial charge on any atom is 0.132 e. The van der Waals surface area contributed by atoms with Crippen molar-refractivity contribution in [3.63, 3.8) is 0 Å². The highest BCUT2D eigenvalue weighted by molar-refractivity contribution is 5.47. The van der Waals surface area contributed by atoms with Gasteiger partial charge in [-0.3, -0.25) is 0 Å². The second-order valence-corrected chi connectivity index (χ2v) is 16.5. The fourth-order valence-corrected chi connectivity index (χ4v) is 7.88. The summed E-state index contributed by atoms with van der Waals surface area (Å²) < 4.78 is 23.0. The normalized spacial score (nSPS) is 10.4. The molecule has 9 aromatic rings. The Morgan fingerprint density at radius 2 is 0.847 bits per heavy atom. The molecule has 0 bridgehead atoms. The topological polar surface area (TPSA) is 193 Å². The lowest BCUT2D eigenvalue weighted by atomic mass is 10.1. The molecule has 0 aliphatic heterocycles. The fraction of sp³-hybridized carbons (Fsp3) is 0.172. The Morgan fingerprint density at radius 1 is 0.444 bits per heavy atom. The molecule has 0 amide bonds. The highest BCUT2D eigenvalue weighted by Crippen LogP contribution is 2.27. The molecule has 3 heterocycles. The molecule has 360 valence electrons. The van der Waals surface area contributed by atoms with Crippen LogP contribution in [0.2, 0.25) is 0 Å². The van der Waals surface area contributed by atoms with E-state index < -0.39 is 0 Å². The van der Waals surface area contributed by atoms with Crippen LogP contribution < -0.4 is 14.2 Å². The van der Waals surface area contributed by atoms with Crippen molar-refractivity contribution in [3.8, 4) is 52.5 Å². The molecule has 0 spiro atoms. The van der Waals surface area contributed by atoms with E-state index in [1.54, 1.807) is 32.2 Å². The first-order chi connectivity index (χ1) is 35.1. The summed E-state index contributed by atoms with van der Waals surface area (Å²) >= 11 is 0. The third-order valence-electron chi connectivity index (χ3n) is 11.5. The van der Waals surface area contributed by atoms with E-state index in [4.69, 9.17) is 14.2 Å². The van der Waals surface area contributed by atoms with Gasteiger partial charge in [-0.1, -0.05) is 103 Å². The summed E-state index contributed by atoms with van der Waals surface area (Å²) in [6.07, 6.45) is 0. The molecule has 0 aliphatic rings. The molecule has 0 radical (unpaired) electrons. The van der Waals surface area contributed by atoms with Crippen molar-refractivity contribution in [3.05, 3.63) is 231 Å². The van der Waals surface area contributed by atoms with Gasteiger partial charge in [-0.25, -0.2) is 14.0 Å². The number of aliphatic hydroxyl groups excluding tert-OH is 2. The molecule has 6 aromatic carbocycles. The maximum absolute atomic E-state index is 9.51. The zero-order valence-corrected chi connectivity index (χ0v) is 40.7. The first-order valence-corrected chi connectivity index (χ1v) is 23.0. The van der Waals surface area contributed by atoms with Crippen molar-refractivity contribution in [2.45, 2.75) is 67.7 Å². The van der Waals surface area contributed by atoms with Crippen LogP contribution in [0.15, 0.2) is 158 Å². The lowest BCUT2D eigenvalue weighted by Gasteiger charge is -2.13. The minimum Gasteiger partial charge on any atom is -0.487 e. The van der Waals surface area contributed by atoms with E-state index >= 15 is 0 Å². The monoisotopic (exact) mass is 955 g/mol. The number of rotatable bonds is 14. The molecule has 0 unspecified atom stereocenters. The Balaban J connectivity index is 0.000000158. The van der Waals surface area contributed by atoms with Gasteiger partial charge in [-0.05, 0) is 106 Å². The third kappa shape index (κ3) is 11.9. The molecule has 9 rings (SSSR count). The van der Waals surface area contributed by atoms with E-state index in [2.05, 4.69) is 33.5 Å². The summed E-state index contributed by atoms with van der Waals surface area (Å²) in [5.41, 5.74) is 12.1. The van der Waals surface area contributed by atoms with Crippen LogP contribution >= 0.6 is 0 Å². The van der Waals surface area contributed by atoms with Crippen LogP contribution in [-0.4, -0.2) is 39.6 Å². The van der Waals surface area contributed by atoms with Gasteiger partial charge < -0.3 is 24.4 Å². The summed E-state index contributed by atoms with van der Waals surface area (Å²) in [6, 6.07) is 56.3. The highest BCUT2D eigenvalue weighted by Gasteiger charge is 2.20. The average molecular weight is 956 g/mol. The van der Waals surface area contributed by atoms with Crippen LogP contribution in [0.5, 0.6) is 17.2 Å². The van der Waals surface area contributed by atoms with Crippen molar-refractivity contribution in [2.75, 3.05) is 0 Å². The number of hydrogen-bond donors (Lipinski definition) is 2. The predicted molar refractivity (Wildman–Crippen MR) is 273 cm³/mol. The number of para-hydroxylation sites is 5. The Hall–Kier alpha value is -9.26. The summed E-state index contributed by atoms with van der Waals surface area (Å²) in [5.74, 6) is 2.10. The molecule has 2 N–H and O–H groups in total. The zero-order chi connectivity index (χ0) is 51.0. The quantitative estimate of drug-likeness (QED) is 0.105. The largest absolute Gasteiger partial charge is 0.487 e. The minimum absolute atomic E-state index is 0.0400. The second kappa shape index (κ2) is 24.3. The van der Waals surface area contributed by atoms with Crippen LogP contribution in [0.4, 0.5) is 0 Å². The number of hydrogen-bond acceptors (Lipinski definition) is 11. The smallest absolute Gasteiger partial charge is 0.132 e. The SMILES string of the molecule is Cc1cccc(C)c1OCc1c(C#N)c(C)nn1-c1ccccc1.Cc1nn(-c2ccccc2)c(COc2cccc(CO)c2)c1C#N.Cc1nn(-c2ccccc2)c(COc2ccccc2CO)c1C#N. The minimum atomic E-state index is -0.0990. The summed E-state index contributed by atoms with van der Waals surface area (Å²) in [6.45, 7) is 10.1. The van der Waals surface area contributed by atoms with Crippen molar-refractivity contribution >= 4 is 0 Å². The Morgan fingerprint density at radius 3 is 1.28 bits per heavy atom. The molecule has 14 nitrogen and oxygen atoms in total. The van der Waals surface area contributed by atoms with Crippen LogP contribution in [0.25, 0.3) is 17.1 Å². The van der Waals surface area contributed by atoms with E-state index in [1.807, 2.05) is 174 Å². The molecule has 0 atom stereocenters. The highest BCUT2D eigenvalue weighted by atomic mass is 16.5. The predicted octanol–water partition coefficient (Wildman–Crippen LogP) is 10.5. The molecule has 0 aliphatic carbocycles. The van der Waals surface area contributed by atoms with E-state index in [9.17, 15) is 26.0 Å². The van der Waals surface area contributed by atoms with Gasteiger partial charge >= 0.3 is 0 Å². The van der Waals surface area contributed by atoms with Gasteiger partial charge in [0.15, 0.2) is 0 Å². The number of aromatic nitrogens is 6. The Labute approximate surface area is 419 Å². The molecular weight excluding hydrogens is 903 g/mol. The van der Waals surface area contributed by atoms with Gasteiger partial charge in [-0.2, -0.15) is 31.1 Å². The maximum atomic E-state index is 9.51. The van der Waals surface area contributed by atoms with Gasteiger partial charge in [0.25, 0.3) is 0 Å². The zero-order valence-electron chi connectivity index (χ0n) is 40.7. The molecule has 3 aromatic heterocycles. The first-order valence-electron chi connectivity index (χ1n) is 23.0. The Bertz CT molecular complexity index is 3360. The van der Waals surface area contributed by atoms with Crippen molar-refractivity contribution in [1.29, 1.82) is 15.8 Å². The van der Waals surface area contributed by atoms with Crippen molar-refractivity contribution < 1.29 is 24.4 Å². The molecular formula is C58H53N9O5. The van der Waals surface area contributed by atoms with Gasteiger partial charge in [0.05, 0.1) is 64.4 Å². The van der Waals surface area contributed by atoms with Crippen LogP contribution in [-0.2, 0) is 33.0 Å². The molecule has 0 fully saturated rings. The first kappa shape index (κ1) is 50.6. The number of ether oxygens (including phenoxy) is 3. The fourth-order valence-electron chi connectivity index (χ4n) is 7.88. The van der Waals surface area contributed by atoms with E-state index in [0.717, 1.165) is 45.2 Å². The molecule has 0 saturated heterocycles. The lowest BCUT2D eigenvalue weighted by molar-refractivity contribution is 0.256. The van der Waals surface area contributed by atoms with Gasteiger partial charge in [0, 0.05) is 5.56 Å². The van der Waals surface area contributed by atoms with Gasteiger partial charge in [-0.15, -0.1) is 0 Å². The van der Waals surface area contributed by atoms with Crippen molar-refractivity contribution in [2.24, 2.45) is 0 Å². The second-order valence-electron chi connectivity index (χ2n) is 16.5. The van der Waals surface area contributed by atoms with E-state index in [1.165, 1.54) is 0 Å². The number of nitrogens with zero attached hydrogens (tertiary/aromatic N) is 9. The number of nitriles is 3. The molecule has 72 heavy (non-hydrogen) atoms. The van der Waals surface area contributed by atoms with Crippen LogP contribution in [0, 0.1) is 68.6 Å². The standard InChI is InChI=1S/C20H19N3O.2C19H17N3O2/c1-14-8-7-9-15(2)20(14)24-13-19-18(12-21)16(3)22-23(19)17-10-5-4-6-11-17;1-14-17(11-20)18(22(21-14)16-8-3-2-4-9-16)13-24-19-10-6-5-7-15(19)12-23;1-14-18(11-20)19(22(21-14)16-7-3-2-4-8-16)13-24-17-9-5-6-15(10-17)12-23/h4-11H,13H2,1-3H3;2*2-10,23H,12-13H2,1H3. The van der Waals surface area contributed by atoms with E-state index in [0.29, 0.717) is 68.8 Å². The number of benzene rings is 6. The summed E-state index contributed by atoms with van der Waals surface area (Å²) in [4.78, 5) is 0. The number of aliphatic hydroxyl groups is 2. The average Bonchev–Trinajstić information content (AvgIpc) is 4.05. The third-order valence-corrected chi connectivity index (χ3v) is 11.5. The van der Waals surface area contributed by atoms with Crippen LogP contribution in [0.3, 0.4) is 0 Å². The molecule has 14 heteroatoms. The Kier molecular flexibility index (Phi) is 17.1. The number of aryl methyl sites for hydroxylation is 5. The van der Waals surface area contributed by atoms with Crippen LogP contribution in [0.1, 0.15) is 73.1 Å². The van der Waals surface area contributed by atoms with Crippen molar-refractivity contribution in [1.82, 2.24) is 29.3 Å².